The maximum absolute atomic E-state index is 12.5. The molecule has 0 fully saturated rings. The van der Waals surface area contributed by atoms with Crippen LogP contribution in [-0.4, -0.2) is 58.4 Å². The average Bonchev–Trinajstić information content (AvgIpc) is 3.51. The van der Waals surface area contributed by atoms with Gasteiger partial charge >= 0.3 is 6.09 Å². The Labute approximate surface area is 217 Å². The van der Waals surface area contributed by atoms with Gasteiger partial charge in [0.25, 0.3) is 0 Å². The first-order chi connectivity index (χ1) is 17.7. The molecule has 7 nitrogen and oxygen atoms in total. The lowest BCUT2D eigenvalue weighted by molar-refractivity contribution is 0.0270. The number of carbonyl (C=O) groups is 1. The molecule has 6 rings (SSSR count). The Morgan fingerprint density at radius 3 is 2.68 bits per heavy atom. The number of aromatic nitrogens is 3. The molecule has 3 aromatic rings. The van der Waals surface area contributed by atoms with Crippen molar-refractivity contribution < 1.29 is 9.53 Å². The third kappa shape index (κ3) is 4.43. The third-order valence-electron chi connectivity index (χ3n) is 7.17. The van der Waals surface area contributed by atoms with Crippen molar-refractivity contribution in [3.8, 4) is 0 Å². The number of nitrogens with zero attached hydrogens (tertiary/aromatic N) is 5. The van der Waals surface area contributed by atoms with Gasteiger partial charge in [0.2, 0.25) is 0 Å². The van der Waals surface area contributed by atoms with Gasteiger partial charge in [0.1, 0.15) is 11.4 Å². The first-order valence-electron chi connectivity index (χ1n) is 12.9. The zero-order chi connectivity index (χ0) is 25.9. The molecule has 1 amide bonds. The van der Waals surface area contributed by atoms with Crippen molar-refractivity contribution in [3.05, 3.63) is 76.1 Å². The Balaban J connectivity index is 1.39. The summed E-state index contributed by atoms with van der Waals surface area (Å²) in [6.07, 6.45) is 8.91. The monoisotopic (exact) mass is 495 g/mol. The predicted molar refractivity (Wildman–Crippen MR) is 147 cm³/mol. The Kier molecular flexibility index (Phi) is 5.48. The summed E-state index contributed by atoms with van der Waals surface area (Å²) in [4.78, 5) is 21.5. The van der Waals surface area contributed by atoms with E-state index in [1.54, 1.807) is 4.90 Å². The molecule has 0 atom stereocenters. The van der Waals surface area contributed by atoms with E-state index in [-0.39, 0.29) is 6.09 Å². The molecule has 7 heteroatoms. The minimum Gasteiger partial charge on any atom is -0.444 e. The molecule has 0 N–H and O–H groups in total. The van der Waals surface area contributed by atoms with Gasteiger partial charge in [-0.05, 0) is 74.0 Å². The van der Waals surface area contributed by atoms with Gasteiger partial charge < -0.3 is 14.5 Å². The number of hydrogen-bond acceptors (Lipinski definition) is 5. The van der Waals surface area contributed by atoms with Gasteiger partial charge in [-0.2, -0.15) is 9.61 Å². The lowest BCUT2D eigenvalue weighted by Gasteiger charge is -2.29. The molecular weight excluding hydrogens is 462 g/mol. The van der Waals surface area contributed by atoms with Crippen molar-refractivity contribution in [2.45, 2.75) is 45.6 Å². The van der Waals surface area contributed by atoms with E-state index >= 15 is 0 Å². The van der Waals surface area contributed by atoms with Crippen LogP contribution in [0.15, 0.2) is 53.8 Å². The SMILES string of the molecule is CN(C)c1cc(C2=CCN(C(=O)OC(C)(C)C)CC2)nc2c(C3=Cc4ccccc4CC4=C3C4)cnn12. The number of allylic oxidation sites excluding steroid dienone is 3. The maximum Gasteiger partial charge on any atom is 0.410 e. The predicted octanol–water partition coefficient (Wildman–Crippen LogP) is 5.62. The zero-order valence-electron chi connectivity index (χ0n) is 22.2. The molecule has 0 bridgehead atoms. The molecule has 1 aliphatic heterocycles. The molecule has 190 valence electrons. The van der Waals surface area contributed by atoms with E-state index in [9.17, 15) is 4.79 Å². The van der Waals surface area contributed by atoms with Gasteiger partial charge in [0.15, 0.2) is 5.65 Å². The molecule has 3 heterocycles. The van der Waals surface area contributed by atoms with Crippen LogP contribution in [0.25, 0.3) is 22.9 Å². The number of rotatable bonds is 3. The largest absolute Gasteiger partial charge is 0.444 e. The highest BCUT2D eigenvalue weighted by Crippen LogP contribution is 2.48. The van der Waals surface area contributed by atoms with Crippen LogP contribution in [0.4, 0.5) is 10.6 Å². The molecule has 2 aliphatic carbocycles. The van der Waals surface area contributed by atoms with Crippen LogP contribution < -0.4 is 4.90 Å². The van der Waals surface area contributed by atoms with Gasteiger partial charge in [0.05, 0.1) is 11.9 Å². The summed E-state index contributed by atoms with van der Waals surface area (Å²) >= 11 is 0. The summed E-state index contributed by atoms with van der Waals surface area (Å²) in [5.41, 5.74) is 10.3. The van der Waals surface area contributed by atoms with Crippen molar-refractivity contribution in [1.82, 2.24) is 19.5 Å². The topological polar surface area (TPSA) is 63.0 Å². The van der Waals surface area contributed by atoms with Crippen LogP contribution in [0, 0.1) is 0 Å². The second-order valence-electron chi connectivity index (χ2n) is 11.3. The fourth-order valence-corrected chi connectivity index (χ4v) is 5.19. The Hall–Kier alpha value is -3.87. The van der Waals surface area contributed by atoms with Gasteiger partial charge in [-0.25, -0.2) is 9.78 Å². The van der Waals surface area contributed by atoms with Crippen LogP contribution in [0.1, 0.15) is 56.0 Å². The maximum atomic E-state index is 12.5. The van der Waals surface area contributed by atoms with Gasteiger partial charge in [-0.1, -0.05) is 35.9 Å². The molecule has 0 unspecified atom stereocenters. The van der Waals surface area contributed by atoms with E-state index < -0.39 is 5.60 Å². The quantitative estimate of drug-likeness (QED) is 0.472. The van der Waals surface area contributed by atoms with Crippen molar-refractivity contribution in [1.29, 1.82) is 0 Å². The van der Waals surface area contributed by atoms with Crippen LogP contribution >= 0.6 is 0 Å². The minimum atomic E-state index is -0.503. The van der Waals surface area contributed by atoms with Crippen LogP contribution in [-0.2, 0) is 11.2 Å². The molecule has 0 radical (unpaired) electrons. The third-order valence-corrected chi connectivity index (χ3v) is 7.17. The smallest absolute Gasteiger partial charge is 0.410 e. The van der Waals surface area contributed by atoms with E-state index in [0.717, 1.165) is 47.6 Å². The van der Waals surface area contributed by atoms with Crippen LogP contribution in [0.3, 0.4) is 0 Å². The molecule has 0 spiro atoms. The number of benzene rings is 1. The van der Waals surface area contributed by atoms with E-state index in [0.29, 0.717) is 13.1 Å². The fraction of sp³-hybridized carbons (Fsp3) is 0.367. The van der Waals surface area contributed by atoms with Gasteiger partial charge in [-0.15, -0.1) is 0 Å². The van der Waals surface area contributed by atoms with Gasteiger partial charge in [-0.3, -0.25) is 0 Å². The zero-order valence-corrected chi connectivity index (χ0v) is 22.2. The second-order valence-corrected chi connectivity index (χ2v) is 11.3. The van der Waals surface area contributed by atoms with Crippen molar-refractivity contribution in [2.24, 2.45) is 0 Å². The number of ether oxygens (including phenoxy) is 1. The molecule has 37 heavy (non-hydrogen) atoms. The Bertz CT molecular complexity index is 1520. The summed E-state index contributed by atoms with van der Waals surface area (Å²) in [5, 5.41) is 4.77. The molecule has 0 saturated carbocycles. The van der Waals surface area contributed by atoms with Crippen molar-refractivity contribution in [2.75, 3.05) is 32.1 Å². The first-order valence-corrected chi connectivity index (χ1v) is 12.9. The second kappa shape index (κ2) is 8.61. The standard InChI is InChI=1S/C30H33N5O2/c1-30(2,3)37-29(36)34-12-10-19(11-13-34)26-17-27(33(4)5)35-28(32-26)25(18-31-35)24-15-21-9-7-6-8-20(21)14-22-16-23(22)24/h6-10,15,17-18H,11-14,16H2,1-5H3. The summed E-state index contributed by atoms with van der Waals surface area (Å²) in [6.45, 7) is 6.80. The van der Waals surface area contributed by atoms with E-state index in [1.165, 1.54) is 27.8 Å². The van der Waals surface area contributed by atoms with Crippen LogP contribution in [0.2, 0.25) is 0 Å². The lowest BCUT2D eigenvalue weighted by atomic mass is 9.99. The minimum absolute atomic E-state index is 0.271. The normalized spacial score (nSPS) is 17.1. The number of hydrogen-bond donors (Lipinski definition) is 0. The summed E-state index contributed by atoms with van der Waals surface area (Å²) in [6, 6.07) is 10.7. The van der Waals surface area contributed by atoms with Crippen LogP contribution in [0.5, 0.6) is 0 Å². The Morgan fingerprint density at radius 2 is 1.95 bits per heavy atom. The van der Waals surface area contributed by atoms with E-state index in [4.69, 9.17) is 14.8 Å². The number of fused-ring (bicyclic) bond motifs is 2. The average molecular weight is 496 g/mol. The molecule has 1 aromatic carbocycles. The first kappa shape index (κ1) is 23.5. The molecule has 0 saturated heterocycles. The van der Waals surface area contributed by atoms with E-state index in [1.807, 2.05) is 45.6 Å². The summed E-state index contributed by atoms with van der Waals surface area (Å²) in [5.74, 6) is 0.973. The highest BCUT2D eigenvalue weighted by molar-refractivity contribution is 6.00. The molecular formula is C30H33N5O2. The van der Waals surface area contributed by atoms with Crippen molar-refractivity contribution >= 4 is 34.8 Å². The molecule has 3 aliphatic rings. The van der Waals surface area contributed by atoms with Gasteiger partial charge in [0, 0.05) is 38.8 Å². The highest BCUT2D eigenvalue weighted by Gasteiger charge is 2.31. The summed E-state index contributed by atoms with van der Waals surface area (Å²) in [7, 11) is 4.06. The number of carbonyl (C=O) groups excluding carboxylic acids is 1. The van der Waals surface area contributed by atoms with E-state index in [2.05, 4.69) is 47.4 Å². The number of amides is 1. The summed E-state index contributed by atoms with van der Waals surface area (Å²) < 4.78 is 7.50. The number of anilines is 1. The Morgan fingerprint density at radius 1 is 1.14 bits per heavy atom. The highest BCUT2D eigenvalue weighted by atomic mass is 16.6. The van der Waals surface area contributed by atoms with Crippen molar-refractivity contribution in [3.63, 3.8) is 0 Å². The fourth-order valence-electron chi connectivity index (χ4n) is 5.19. The lowest BCUT2D eigenvalue weighted by Crippen LogP contribution is -2.39. The molecule has 2 aromatic heterocycles.